The van der Waals surface area contributed by atoms with E-state index in [0.717, 1.165) is 11.9 Å². The zero-order valence-electron chi connectivity index (χ0n) is 15.5. The van der Waals surface area contributed by atoms with Crippen LogP contribution in [-0.4, -0.2) is 27.6 Å². The van der Waals surface area contributed by atoms with Crippen LogP contribution in [0.15, 0.2) is 66.9 Å². The average molecular weight is 382 g/mol. The highest BCUT2D eigenvalue weighted by atomic mass is 16.1. The number of nitrogens with one attached hydrogen (secondary N) is 3. The normalized spacial score (nSPS) is 10.4. The summed E-state index contributed by atoms with van der Waals surface area (Å²) in [7, 11) is 0. The lowest BCUT2D eigenvalue weighted by Gasteiger charge is -2.06. The number of carbonyl (C=O) groups excluding carboxylic acids is 1. The first kappa shape index (κ1) is 18.2. The minimum Gasteiger partial charge on any atom is -0.368 e. The number of aromatic amines is 1. The molecule has 0 aliphatic rings. The molecule has 0 spiro atoms. The number of benzene rings is 2. The summed E-state index contributed by atoms with van der Waals surface area (Å²) in [6.07, 6.45) is 2.86. The Kier molecular flexibility index (Phi) is 5.16. The number of aromatic nitrogens is 3. The molecule has 0 aliphatic carbocycles. The van der Waals surface area contributed by atoms with Crippen molar-refractivity contribution in [3.63, 3.8) is 0 Å². The molecule has 0 saturated carbocycles. The smallest absolute Gasteiger partial charge is 0.276 e. The quantitative estimate of drug-likeness (QED) is 0.471. The van der Waals surface area contributed by atoms with E-state index in [1.807, 2.05) is 24.4 Å². The van der Waals surface area contributed by atoms with Crippen molar-refractivity contribution < 1.29 is 4.79 Å². The third kappa shape index (κ3) is 4.22. The zero-order valence-corrected chi connectivity index (χ0v) is 15.5. The molecule has 2 aromatic carbocycles. The number of carbonyl (C=O) groups is 1. The molecule has 142 valence electrons. The first-order chi connectivity index (χ1) is 14.2. The molecule has 4 rings (SSSR count). The fourth-order valence-corrected chi connectivity index (χ4v) is 3.03. The second-order valence-electron chi connectivity index (χ2n) is 6.48. The SMILES string of the molecule is N#Cc1ccc(NC(=O)c2ccc(NCCc3c[nH]c4ccccc34)nn2)cc1. The minimum atomic E-state index is -0.354. The highest BCUT2D eigenvalue weighted by Gasteiger charge is 2.09. The maximum Gasteiger partial charge on any atom is 0.276 e. The monoisotopic (exact) mass is 382 g/mol. The maximum atomic E-state index is 12.3. The number of nitriles is 1. The van der Waals surface area contributed by atoms with E-state index in [-0.39, 0.29) is 11.6 Å². The average Bonchev–Trinajstić information content (AvgIpc) is 3.18. The predicted molar refractivity (Wildman–Crippen MR) is 112 cm³/mol. The van der Waals surface area contributed by atoms with Crippen molar-refractivity contribution in [3.8, 4) is 6.07 Å². The van der Waals surface area contributed by atoms with E-state index in [2.05, 4.69) is 37.9 Å². The van der Waals surface area contributed by atoms with Gasteiger partial charge in [0.25, 0.3) is 5.91 Å². The van der Waals surface area contributed by atoms with Crippen LogP contribution in [0.2, 0.25) is 0 Å². The van der Waals surface area contributed by atoms with Crippen LogP contribution in [0.5, 0.6) is 0 Å². The Hall–Kier alpha value is -4.18. The molecule has 1 amide bonds. The van der Waals surface area contributed by atoms with Gasteiger partial charge in [0.05, 0.1) is 11.6 Å². The molecule has 29 heavy (non-hydrogen) atoms. The Bertz CT molecular complexity index is 1170. The summed E-state index contributed by atoms with van der Waals surface area (Å²) in [6.45, 7) is 0.702. The molecule has 7 heteroatoms. The Morgan fingerprint density at radius 2 is 1.86 bits per heavy atom. The van der Waals surface area contributed by atoms with Crippen LogP contribution in [0, 0.1) is 11.3 Å². The van der Waals surface area contributed by atoms with E-state index < -0.39 is 0 Å². The number of fused-ring (bicyclic) bond motifs is 1. The molecule has 2 aromatic heterocycles. The van der Waals surface area contributed by atoms with E-state index in [0.29, 0.717) is 23.6 Å². The van der Waals surface area contributed by atoms with Crippen LogP contribution in [0.25, 0.3) is 10.9 Å². The van der Waals surface area contributed by atoms with Gasteiger partial charge >= 0.3 is 0 Å². The highest BCUT2D eigenvalue weighted by Crippen LogP contribution is 2.18. The topological polar surface area (TPSA) is 106 Å². The number of para-hydroxylation sites is 1. The van der Waals surface area contributed by atoms with Crippen LogP contribution in [0.1, 0.15) is 21.6 Å². The molecule has 2 heterocycles. The van der Waals surface area contributed by atoms with E-state index >= 15 is 0 Å². The van der Waals surface area contributed by atoms with Gasteiger partial charge in [-0.05, 0) is 54.4 Å². The van der Waals surface area contributed by atoms with Crippen molar-refractivity contribution in [2.45, 2.75) is 6.42 Å². The first-order valence-electron chi connectivity index (χ1n) is 9.17. The van der Waals surface area contributed by atoms with Gasteiger partial charge in [0.2, 0.25) is 0 Å². The molecule has 0 saturated heterocycles. The van der Waals surface area contributed by atoms with Crippen molar-refractivity contribution in [1.82, 2.24) is 15.2 Å². The predicted octanol–water partition coefficient (Wildman–Crippen LogP) is 3.74. The van der Waals surface area contributed by atoms with Crippen molar-refractivity contribution >= 4 is 28.3 Å². The molecule has 0 fully saturated rings. The number of anilines is 2. The lowest BCUT2D eigenvalue weighted by molar-refractivity contribution is 0.102. The Balaban J connectivity index is 1.32. The summed E-state index contributed by atoms with van der Waals surface area (Å²) in [4.78, 5) is 15.5. The molecule has 0 radical (unpaired) electrons. The fraction of sp³-hybridized carbons (Fsp3) is 0.0909. The fourth-order valence-electron chi connectivity index (χ4n) is 3.03. The van der Waals surface area contributed by atoms with Gasteiger partial charge in [-0.2, -0.15) is 5.26 Å². The van der Waals surface area contributed by atoms with Gasteiger partial charge in [0.1, 0.15) is 5.82 Å². The van der Waals surface area contributed by atoms with Crippen molar-refractivity contribution in [2.24, 2.45) is 0 Å². The number of amides is 1. The molecule has 0 unspecified atom stereocenters. The number of H-pyrrole nitrogens is 1. The van der Waals surface area contributed by atoms with Crippen LogP contribution in [-0.2, 0) is 6.42 Å². The zero-order chi connectivity index (χ0) is 20.1. The van der Waals surface area contributed by atoms with Gasteiger partial charge in [0.15, 0.2) is 5.69 Å². The number of nitrogens with zero attached hydrogens (tertiary/aromatic N) is 3. The summed E-state index contributed by atoms with van der Waals surface area (Å²) in [5.74, 6) is 0.257. The Morgan fingerprint density at radius 3 is 2.62 bits per heavy atom. The van der Waals surface area contributed by atoms with Gasteiger partial charge in [-0.1, -0.05) is 18.2 Å². The number of rotatable bonds is 6. The third-order valence-corrected chi connectivity index (χ3v) is 4.54. The Morgan fingerprint density at radius 1 is 1.03 bits per heavy atom. The van der Waals surface area contributed by atoms with Gasteiger partial charge in [0, 0.05) is 29.3 Å². The van der Waals surface area contributed by atoms with Crippen molar-refractivity contribution in [2.75, 3.05) is 17.2 Å². The molecule has 0 bridgehead atoms. The molecular weight excluding hydrogens is 364 g/mol. The summed E-state index contributed by atoms with van der Waals surface area (Å²) >= 11 is 0. The van der Waals surface area contributed by atoms with Crippen molar-refractivity contribution in [3.05, 3.63) is 83.7 Å². The Labute approximate surface area is 167 Å². The summed E-state index contributed by atoms with van der Waals surface area (Å²) < 4.78 is 0. The second-order valence-corrected chi connectivity index (χ2v) is 6.48. The lowest BCUT2D eigenvalue weighted by atomic mass is 10.1. The largest absolute Gasteiger partial charge is 0.368 e. The van der Waals surface area contributed by atoms with Crippen LogP contribution in [0.3, 0.4) is 0 Å². The highest BCUT2D eigenvalue weighted by molar-refractivity contribution is 6.02. The van der Waals surface area contributed by atoms with Crippen LogP contribution < -0.4 is 10.6 Å². The van der Waals surface area contributed by atoms with E-state index in [4.69, 9.17) is 5.26 Å². The summed E-state index contributed by atoms with van der Waals surface area (Å²) in [6, 6.07) is 20.2. The molecule has 7 nitrogen and oxygen atoms in total. The number of hydrogen-bond acceptors (Lipinski definition) is 5. The number of hydrogen-bond donors (Lipinski definition) is 3. The minimum absolute atomic E-state index is 0.219. The summed E-state index contributed by atoms with van der Waals surface area (Å²) in [5, 5.41) is 24.1. The van der Waals surface area contributed by atoms with E-state index in [9.17, 15) is 4.79 Å². The van der Waals surface area contributed by atoms with Crippen LogP contribution >= 0.6 is 0 Å². The van der Waals surface area contributed by atoms with Gasteiger partial charge in [-0.15, -0.1) is 10.2 Å². The molecule has 3 N–H and O–H groups in total. The standard InChI is InChI=1S/C22H18N6O/c23-13-15-5-7-17(8-6-15)26-22(29)20-9-10-21(28-27-20)24-12-11-16-14-25-19-4-2-1-3-18(16)19/h1-10,14,25H,11-12H2,(H,24,28)(H,26,29). The van der Waals surface area contributed by atoms with Crippen molar-refractivity contribution in [1.29, 1.82) is 5.26 Å². The molecular formula is C22H18N6O. The maximum absolute atomic E-state index is 12.3. The lowest BCUT2D eigenvalue weighted by Crippen LogP contribution is -2.15. The molecule has 4 aromatic rings. The van der Waals surface area contributed by atoms with Gasteiger partial charge in [-0.3, -0.25) is 4.79 Å². The summed E-state index contributed by atoms with van der Waals surface area (Å²) in [5.41, 5.74) is 3.71. The van der Waals surface area contributed by atoms with E-state index in [1.54, 1.807) is 36.4 Å². The van der Waals surface area contributed by atoms with Gasteiger partial charge < -0.3 is 15.6 Å². The van der Waals surface area contributed by atoms with E-state index in [1.165, 1.54) is 10.9 Å². The molecule has 0 atom stereocenters. The molecule has 0 aliphatic heterocycles. The van der Waals surface area contributed by atoms with Crippen LogP contribution in [0.4, 0.5) is 11.5 Å². The first-order valence-corrected chi connectivity index (χ1v) is 9.17. The van der Waals surface area contributed by atoms with Gasteiger partial charge in [-0.25, -0.2) is 0 Å². The third-order valence-electron chi connectivity index (χ3n) is 4.54. The second kappa shape index (κ2) is 8.23.